The smallest absolute Gasteiger partial charge is 0.438 e. The van der Waals surface area contributed by atoms with Crippen LogP contribution >= 0.6 is 0 Å². The van der Waals surface area contributed by atoms with Crippen molar-refractivity contribution in [1.29, 1.82) is 0 Å². The Balaban J connectivity index is 1.72. The Morgan fingerprint density at radius 1 is 1.15 bits per heavy atom. The number of anilines is 1. The number of para-hydroxylation sites is 1. The maximum atomic E-state index is 11.5. The average Bonchev–Trinajstić information content (AvgIpc) is 3.15. The lowest BCUT2D eigenvalue weighted by molar-refractivity contribution is 0.140. The number of nitrogens with zero attached hydrogens (tertiary/aromatic N) is 3. The van der Waals surface area contributed by atoms with E-state index in [4.69, 9.17) is 4.74 Å². The summed E-state index contributed by atoms with van der Waals surface area (Å²) in [6.07, 6.45) is 0.930. The number of hydrogen-bond acceptors (Lipinski definition) is 5. The van der Waals surface area contributed by atoms with E-state index in [9.17, 15) is 10.0 Å². The lowest BCUT2D eigenvalue weighted by Gasteiger charge is -2.16. The molecule has 26 heavy (non-hydrogen) atoms. The molecule has 1 aromatic heterocycles. The molecule has 0 bridgehead atoms. The number of carbonyl (C=O) groups is 1. The fourth-order valence-electron chi connectivity index (χ4n) is 2.40. The van der Waals surface area contributed by atoms with Crippen LogP contribution < -0.4 is 9.80 Å². The van der Waals surface area contributed by atoms with Crippen molar-refractivity contribution in [3.8, 4) is 11.6 Å². The minimum atomic E-state index is -0.874. The molecule has 7 heteroatoms. The molecule has 1 N–H and O–H groups in total. The summed E-state index contributed by atoms with van der Waals surface area (Å²) < 4.78 is 11.9. The third kappa shape index (κ3) is 3.84. The molecule has 0 saturated heterocycles. The zero-order chi connectivity index (χ0) is 18.5. The number of ether oxygens (including phenoxy) is 2. The number of hydroxylamine groups is 1. The first-order valence-electron chi connectivity index (χ1n) is 7.99. The van der Waals surface area contributed by atoms with Crippen LogP contribution in [0.2, 0.25) is 0 Å². The number of aromatic nitrogens is 2. The SMILES string of the molecule is COC(=O)N(O)c1ccccc1COc1ccn(-c2ccc(C)cc2)n1. The number of methoxy groups -OCH3 is 1. The van der Waals surface area contributed by atoms with Gasteiger partial charge in [0.05, 0.1) is 18.5 Å². The van der Waals surface area contributed by atoms with Crippen LogP contribution in [0.3, 0.4) is 0 Å². The van der Waals surface area contributed by atoms with Gasteiger partial charge in [-0.2, -0.15) is 5.06 Å². The van der Waals surface area contributed by atoms with Crippen LogP contribution in [0.25, 0.3) is 5.69 Å². The molecule has 0 aliphatic carbocycles. The first-order chi connectivity index (χ1) is 12.6. The minimum Gasteiger partial charge on any atom is -0.472 e. The Bertz CT molecular complexity index is 890. The Morgan fingerprint density at radius 3 is 2.62 bits per heavy atom. The Kier molecular flexibility index (Phi) is 5.19. The van der Waals surface area contributed by atoms with E-state index in [2.05, 4.69) is 9.84 Å². The molecule has 0 saturated carbocycles. The van der Waals surface area contributed by atoms with E-state index in [0.29, 0.717) is 16.5 Å². The first kappa shape index (κ1) is 17.5. The number of amides is 1. The number of aryl methyl sites for hydroxylation is 1. The van der Waals surface area contributed by atoms with Crippen molar-refractivity contribution in [3.05, 3.63) is 71.9 Å². The molecule has 0 atom stereocenters. The van der Waals surface area contributed by atoms with Crippen LogP contribution in [-0.4, -0.2) is 28.2 Å². The van der Waals surface area contributed by atoms with Crippen LogP contribution in [0.5, 0.6) is 5.88 Å². The van der Waals surface area contributed by atoms with Gasteiger partial charge in [-0.25, -0.2) is 9.48 Å². The second-order valence-corrected chi connectivity index (χ2v) is 5.63. The molecule has 0 aliphatic rings. The average molecular weight is 353 g/mol. The van der Waals surface area contributed by atoms with Gasteiger partial charge in [-0.1, -0.05) is 35.9 Å². The lowest BCUT2D eigenvalue weighted by atomic mass is 10.2. The molecule has 1 heterocycles. The van der Waals surface area contributed by atoms with Crippen molar-refractivity contribution in [2.75, 3.05) is 12.2 Å². The van der Waals surface area contributed by atoms with Crippen molar-refractivity contribution in [2.45, 2.75) is 13.5 Å². The highest BCUT2D eigenvalue weighted by molar-refractivity contribution is 5.85. The van der Waals surface area contributed by atoms with Crippen LogP contribution in [0.15, 0.2) is 60.8 Å². The summed E-state index contributed by atoms with van der Waals surface area (Å²) in [6.45, 7) is 2.16. The number of rotatable bonds is 5. The maximum Gasteiger partial charge on any atom is 0.438 e. The van der Waals surface area contributed by atoms with Crippen LogP contribution in [0, 0.1) is 6.92 Å². The molecule has 0 radical (unpaired) electrons. The van der Waals surface area contributed by atoms with Gasteiger partial charge in [-0.3, -0.25) is 5.21 Å². The number of benzene rings is 2. The van der Waals surface area contributed by atoms with E-state index < -0.39 is 6.09 Å². The Labute approximate surface area is 151 Å². The topological polar surface area (TPSA) is 76.8 Å². The first-order valence-corrected chi connectivity index (χ1v) is 7.99. The van der Waals surface area contributed by atoms with Gasteiger partial charge < -0.3 is 9.47 Å². The minimum absolute atomic E-state index is 0.134. The van der Waals surface area contributed by atoms with Crippen molar-refractivity contribution in [2.24, 2.45) is 0 Å². The molecule has 0 unspecified atom stereocenters. The van der Waals surface area contributed by atoms with Gasteiger partial charge in [0.15, 0.2) is 0 Å². The molecule has 134 valence electrons. The van der Waals surface area contributed by atoms with Crippen molar-refractivity contribution in [3.63, 3.8) is 0 Å². The number of carbonyl (C=O) groups excluding carboxylic acids is 1. The van der Waals surface area contributed by atoms with Gasteiger partial charge in [-0.05, 0) is 25.1 Å². The van der Waals surface area contributed by atoms with E-state index >= 15 is 0 Å². The highest BCUT2D eigenvalue weighted by Gasteiger charge is 2.17. The van der Waals surface area contributed by atoms with Crippen molar-refractivity contribution < 1.29 is 19.5 Å². The summed E-state index contributed by atoms with van der Waals surface area (Å²) in [6, 6.07) is 16.6. The molecular weight excluding hydrogens is 334 g/mol. The van der Waals surface area contributed by atoms with Gasteiger partial charge in [0.1, 0.15) is 6.61 Å². The summed E-state index contributed by atoms with van der Waals surface area (Å²) in [7, 11) is 1.20. The van der Waals surface area contributed by atoms with E-state index in [0.717, 1.165) is 5.69 Å². The molecule has 0 fully saturated rings. The molecule has 3 aromatic rings. The van der Waals surface area contributed by atoms with E-state index in [1.807, 2.05) is 31.2 Å². The second kappa shape index (κ2) is 7.71. The predicted octanol–water partition coefficient (Wildman–Crippen LogP) is 3.72. The molecule has 0 spiro atoms. The third-order valence-electron chi connectivity index (χ3n) is 3.81. The van der Waals surface area contributed by atoms with Gasteiger partial charge in [-0.15, -0.1) is 5.10 Å². The van der Waals surface area contributed by atoms with Crippen molar-refractivity contribution >= 4 is 11.8 Å². The van der Waals surface area contributed by atoms with E-state index in [1.165, 1.54) is 12.7 Å². The van der Waals surface area contributed by atoms with Crippen LogP contribution in [0.1, 0.15) is 11.1 Å². The highest BCUT2D eigenvalue weighted by atomic mass is 16.6. The summed E-state index contributed by atoms with van der Waals surface area (Å²) in [5.74, 6) is 0.433. The largest absolute Gasteiger partial charge is 0.472 e. The van der Waals surface area contributed by atoms with Gasteiger partial charge in [0.2, 0.25) is 5.88 Å². The molecule has 3 rings (SSSR count). The number of hydrogen-bond donors (Lipinski definition) is 1. The lowest BCUT2D eigenvalue weighted by Crippen LogP contribution is -2.27. The maximum absolute atomic E-state index is 11.5. The highest BCUT2D eigenvalue weighted by Crippen LogP contribution is 2.22. The fraction of sp³-hybridized carbons (Fsp3) is 0.158. The van der Waals surface area contributed by atoms with Gasteiger partial charge in [0.25, 0.3) is 0 Å². The Hall–Kier alpha value is -3.32. The molecule has 0 aliphatic heterocycles. The normalized spacial score (nSPS) is 10.4. The van der Waals surface area contributed by atoms with Gasteiger partial charge in [0, 0.05) is 17.8 Å². The molecular formula is C19H19N3O4. The van der Waals surface area contributed by atoms with Crippen LogP contribution in [-0.2, 0) is 11.3 Å². The summed E-state index contributed by atoms with van der Waals surface area (Å²) >= 11 is 0. The van der Waals surface area contributed by atoms with E-state index in [1.54, 1.807) is 41.2 Å². The van der Waals surface area contributed by atoms with Crippen molar-refractivity contribution in [1.82, 2.24) is 9.78 Å². The Morgan fingerprint density at radius 2 is 1.88 bits per heavy atom. The monoisotopic (exact) mass is 353 g/mol. The third-order valence-corrected chi connectivity index (χ3v) is 3.81. The van der Waals surface area contributed by atoms with Crippen LogP contribution in [0.4, 0.5) is 10.5 Å². The van der Waals surface area contributed by atoms with Gasteiger partial charge >= 0.3 is 6.09 Å². The standard InChI is InChI=1S/C19H19N3O4/c1-14-7-9-16(10-8-14)21-12-11-18(20-21)26-13-15-5-3-4-6-17(15)22(24)19(23)25-2/h3-12,24H,13H2,1-2H3. The molecule has 2 aromatic carbocycles. The molecule has 1 amide bonds. The van der Waals surface area contributed by atoms with E-state index in [-0.39, 0.29) is 12.3 Å². The summed E-state index contributed by atoms with van der Waals surface area (Å²) in [5.41, 5.74) is 3.01. The quantitative estimate of drug-likeness (QED) is 0.559. The zero-order valence-electron chi connectivity index (χ0n) is 14.5. The fourth-order valence-corrected chi connectivity index (χ4v) is 2.40. The zero-order valence-corrected chi connectivity index (χ0v) is 14.5. The summed E-state index contributed by atoms with van der Waals surface area (Å²) in [4.78, 5) is 11.5. The second-order valence-electron chi connectivity index (χ2n) is 5.63. The predicted molar refractivity (Wildman–Crippen MR) is 95.7 cm³/mol. The summed E-state index contributed by atoms with van der Waals surface area (Å²) in [5, 5.41) is 14.8. The molecule has 7 nitrogen and oxygen atoms in total.